The monoisotopic (exact) mass is 562 g/mol. The molecule has 5 rings (SSSR count). The van der Waals surface area contributed by atoms with Gasteiger partial charge in [0.2, 0.25) is 0 Å². The van der Waals surface area contributed by atoms with E-state index in [2.05, 4.69) is 4.99 Å². The number of esters is 2. The zero-order valence-electron chi connectivity index (χ0n) is 21.3. The van der Waals surface area contributed by atoms with E-state index >= 15 is 0 Å². The van der Waals surface area contributed by atoms with Gasteiger partial charge in [0.05, 0.1) is 33.5 Å². The molecule has 1 aliphatic heterocycles. The largest absolute Gasteiger partial charge is 0.463 e. The van der Waals surface area contributed by atoms with Gasteiger partial charge in [-0.15, -0.1) is 0 Å². The maximum atomic E-state index is 13.8. The van der Waals surface area contributed by atoms with Crippen LogP contribution in [0.2, 0.25) is 5.02 Å². The fraction of sp³-hybridized carbons (Fsp3) is 0.172. The number of carbonyl (C=O) groups is 2. The van der Waals surface area contributed by atoms with Crippen molar-refractivity contribution >= 4 is 41.0 Å². The van der Waals surface area contributed by atoms with Crippen LogP contribution >= 0.6 is 22.9 Å². The van der Waals surface area contributed by atoms with E-state index in [0.29, 0.717) is 42.9 Å². The Bertz CT molecular complexity index is 1800. The van der Waals surface area contributed by atoms with Crippen LogP contribution in [0.1, 0.15) is 38.1 Å². The second-order valence-electron chi connectivity index (χ2n) is 8.65. The summed E-state index contributed by atoms with van der Waals surface area (Å²) in [5.74, 6) is 0.389. The molecule has 2 aromatic carbocycles. The summed E-state index contributed by atoms with van der Waals surface area (Å²) in [5.41, 5.74) is 1.75. The third kappa shape index (κ3) is 5.23. The maximum Gasteiger partial charge on any atom is 0.338 e. The van der Waals surface area contributed by atoms with Crippen LogP contribution in [-0.2, 0) is 14.3 Å². The van der Waals surface area contributed by atoms with E-state index in [1.165, 1.54) is 22.8 Å². The van der Waals surface area contributed by atoms with E-state index in [0.717, 1.165) is 5.56 Å². The number of hydrogen-bond acceptors (Lipinski definition) is 8. The highest BCUT2D eigenvalue weighted by atomic mass is 35.5. The second-order valence-corrected chi connectivity index (χ2v) is 10.1. The molecule has 39 heavy (non-hydrogen) atoms. The Morgan fingerprint density at radius 2 is 1.87 bits per heavy atom. The number of furan rings is 1. The zero-order chi connectivity index (χ0) is 27.7. The van der Waals surface area contributed by atoms with Gasteiger partial charge in [0.1, 0.15) is 17.3 Å². The van der Waals surface area contributed by atoms with Gasteiger partial charge in [-0.05, 0) is 55.8 Å². The number of rotatable bonds is 6. The summed E-state index contributed by atoms with van der Waals surface area (Å²) in [6.45, 7) is 4.91. The first-order valence-electron chi connectivity index (χ1n) is 12.1. The van der Waals surface area contributed by atoms with Crippen molar-refractivity contribution in [1.82, 2.24) is 4.57 Å². The molecular formula is C29H23ClN2O6S. The third-order valence-electron chi connectivity index (χ3n) is 6.01. The molecule has 0 saturated heterocycles. The third-order valence-corrected chi connectivity index (χ3v) is 7.33. The van der Waals surface area contributed by atoms with Crippen molar-refractivity contribution in [2.45, 2.75) is 26.8 Å². The number of hydrogen-bond donors (Lipinski definition) is 0. The fourth-order valence-electron chi connectivity index (χ4n) is 4.36. The molecule has 0 fully saturated rings. The number of thiazole rings is 1. The molecule has 0 bridgehead atoms. The van der Waals surface area contributed by atoms with E-state index in [1.807, 2.05) is 18.2 Å². The molecule has 4 aromatic rings. The first-order valence-corrected chi connectivity index (χ1v) is 13.3. The molecule has 0 amide bonds. The lowest BCUT2D eigenvalue weighted by molar-refractivity contribution is -0.139. The number of carbonyl (C=O) groups excluding carboxylic acids is 2. The predicted molar refractivity (Wildman–Crippen MR) is 147 cm³/mol. The molecule has 0 spiro atoms. The Kier molecular flexibility index (Phi) is 7.36. The summed E-state index contributed by atoms with van der Waals surface area (Å²) in [6.07, 6.45) is 1.65. The normalized spacial score (nSPS) is 15.1. The highest BCUT2D eigenvalue weighted by Crippen LogP contribution is 2.32. The van der Waals surface area contributed by atoms with Crippen LogP contribution in [0, 0.1) is 0 Å². The lowest BCUT2D eigenvalue weighted by Crippen LogP contribution is -2.39. The number of benzene rings is 2. The van der Waals surface area contributed by atoms with Crippen molar-refractivity contribution in [3.05, 3.63) is 108 Å². The Morgan fingerprint density at radius 1 is 1.13 bits per heavy atom. The molecule has 10 heteroatoms. The predicted octanol–water partition coefficient (Wildman–Crippen LogP) is 4.64. The van der Waals surface area contributed by atoms with Crippen LogP contribution in [0.15, 0.2) is 86.1 Å². The first-order chi connectivity index (χ1) is 18.8. The lowest BCUT2D eigenvalue weighted by Gasteiger charge is -2.24. The summed E-state index contributed by atoms with van der Waals surface area (Å²) in [6, 6.07) is 16.7. The van der Waals surface area contributed by atoms with Gasteiger partial charge in [0.15, 0.2) is 4.80 Å². The Labute approximate surface area is 232 Å². The van der Waals surface area contributed by atoms with Gasteiger partial charge >= 0.3 is 11.9 Å². The van der Waals surface area contributed by atoms with Gasteiger partial charge in [0.25, 0.3) is 5.56 Å². The summed E-state index contributed by atoms with van der Waals surface area (Å²) in [5, 5.41) is 0.555. The summed E-state index contributed by atoms with van der Waals surface area (Å²) in [7, 11) is 0. The van der Waals surface area contributed by atoms with E-state index in [9.17, 15) is 14.4 Å². The standard InChI is InChI=1S/C29H23ClN2O6S/c1-4-36-28(35)25-16(2)31-29-32(26(25)18-9-11-19(12-10-18)37-17(3)33)27(34)24(39-29)15-20-13-14-23(38-20)21-7-5-6-8-22(21)30/h5-15,26H,4H2,1-3H3/b24-15-/t26-/m0/s1. The fourth-order valence-corrected chi connectivity index (χ4v) is 5.61. The van der Waals surface area contributed by atoms with Crippen LogP contribution in [0.5, 0.6) is 5.75 Å². The molecular weight excluding hydrogens is 540 g/mol. The van der Waals surface area contributed by atoms with Crippen LogP contribution in [0.3, 0.4) is 0 Å². The number of ether oxygens (including phenoxy) is 2. The smallest absolute Gasteiger partial charge is 0.338 e. The second kappa shape index (κ2) is 10.9. The number of nitrogens with zero attached hydrogens (tertiary/aromatic N) is 2. The van der Waals surface area contributed by atoms with Gasteiger partial charge in [0, 0.05) is 18.6 Å². The van der Waals surface area contributed by atoms with Crippen LogP contribution in [0.25, 0.3) is 17.4 Å². The number of allylic oxidation sites excluding steroid dienone is 1. The van der Waals surface area contributed by atoms with Crippen molar-refractivity contribution in [1.29, 1.82) is 0 Å². The average Bonchev–Trinajstić information content (AvgIpc) is 3.48. The highest BCUT2D eigenvalue weighted by Gasteiger charge is 2.33. The molecule has 3 heterocycles. The molecule has 1 atom stereocenters. The van der Waals surface area contributed by atoms with Gasteiger partial charge in [-0.25, -0.2) is 9.79 Å². The molecule has 0 radical (unpaired) electrons. The van der Waals surface area contributed by atoms with Gasteiger partial charge in [-0.1, -0.05) is 47.2 Å². The minimum absolute atomic E-state index is 0.171. The Hall–Kier alpha value is -4.21. The van der Waals surface area contributed by atoms with Crippen LogP contribution < -0.4 is 19.6 Å². The maximum absolute atomic E-state index is 13.8. The van der Waals surface area contributed by atoms with Crippen LogP contribution in [0.4, 0.5) is 0 Å². The number of aromatic nitrogens is 1. The molecule has 0 unspecified atom stereocenters. The topological polar surface area (TPSA) is 100 Å². The highest BCUT2D eigenvalue weighted by molar-refractivity contribution is 7.07. The molecule has 198 valence electrons. The molecule has 1 aliphatic rings. The zero-order valence-corrected chi connectivity index (χ0v) is 22.8. The minimum atomic E-state index is -0.788. The van der Waals surface area contributed by atoms with Crippen molar-refractivity contribution in [2.75, 3.05) is 6.61 Å². The van der Waals surface area contributed by atoms with E-state index in [-0.39, 0.29) is 17.7 Å². The van der Waals surface area contributed by atoms with Crippen molar-refractivity contribution in [3.63, 3.8) is 0 Å². The van der Waals surface area contributed by atoms with Crippen molar-refractivity contribution in [2.24, 2.45) is 4.99 Å². The summed E-state index contributed by atoms with van der Waals surface area (Å²) < 4.78 is 18.3. The van der Waals surface area contributed by atoms with Gasteiger partial charge in [-0.2, -0.15) is 0 Å². The van der Waals surface area contributed by atoms with Crippen molar-refractivity contribution in [3.8, 4) is 17.1 Å². The van der Waals surface area contributed by atoms with Crippen LogP contribution in [-0.4, -0.2) is 23.1 Å². The SMILES string of the molecule is CCOC(=O)C1=C(C)N=c2s/c(=C\c3ccc(-c4ccccc4Cl)o3)c(=O)n2[C@H]1c1ccc(OC(C)=O)cc1. The summed E-state index contributed by atoms with van der Waals surface area (Å²) >= 11 is 7.50. The molecule has 0 aliphatic carbocycles. The molecule has 0 N–H and O–H groups in total. The average molecular weight is 563 g/mol. The quantitative estimate of drug-likeness (QED) is 0.251. The van der Waals surface area contributed by atoms with Gasteiger partial charge in [-0.3, -0.25) is 14.2 Å². The summed E-state index contributed by atoms with van der Waals surface area (Å²) in [4.78, 5) is 43.1. The Morgan fingerprint density at radius 3 is 2.56 bits per heavy atom. The Balaban J connectivity index is 1.62. The van der Waals surface area contributed by atoms with Crippen molar-refractivity contribution < 1.29 is 23.5 Å². The minimum Gasteiger partial charge on any atom is -0.463 e. The van der Waals surface area contributed by atoms with Gasteiger partial charge < -0.3 is 13.9 Å². The molecule has 0 saturated carbocycles. The van der Waals surface area contributed by atoms with E-state index < -0.39 is 18.0 Å². The first kappa shape index (κ1) is 26.4. The number of halogens is 1. The molecule has 8 nitrogen and oxygen atoms in total. The number of fused-ring (bicyclic) bond motifs is 1. The molecule has 2 aromatic heterocycles. The van der Waals surface area contributed by atoms with E-state index in [1.54, 1.807) is 62.4 Å². The van der Waals surface area contributed by atoms with E-state index in [4.69, 9.17) is 25.5 Å². The lowest BCUT2D eigenvalue weighted by atomic mass is 9.96.